The maximum Gasteiger partial charge on any atom is 0.534 e. The lowest BCUT2D eigenvalue weighted by Gasteiger charge is -2.36. The maximum absolute atomic E-state index is 12.7. The Balaban J connectivity index is 2.40. The van der Waals surface area contributed by atoms with E-state index in [1.807, 2.05) is 0 Å². The fourth-order valence-corrected chi connectivity index (χ4v) is 2.92. The van der Waals surface area contributed by atoms with E-state index < -0.39 is 56.5 Å². The Kier molecular flexibility index (Phi) is 5.60. The van der Waals surface area contributed by atoms with Gasteiger partial charge in [0.1, 0.15) is 16.9 Å². The predicted octanol–water partition coefficient (Wildman–Crippen LogP) is 2.60. The molecule has 1 heterocycles. The third kappa shape index (κ3) is 5.55. The molecule has 1 aliphatic carbocycles. The molecular formula is C16H20F3NO8S. The van der Waals surface area contributed by atoms with Gasteiger partial charge >= 0.3 is 27.7 Å². The Morgan fingerprint density at radius 2 is 1.83 bits per heavy atom. The molecule has 0 spiro atoms. The van der Waals surface area contributed by atoms with Crippen LogP contribution in [0.5, 0.6) is 0 Å². The smallest absolute Gasteiger partial charge is 0.456 e. The zero-order valence-electron chi connectivity index (χ0n) is 16.2. The lowest BCUT2D eigenvalue weighted by Crippen LogP contribution is -2.44. The number of ether oxygens (including phenoxy) is 3. The van der Waals surface area contributed by atoms with Crippen LogP contribution in [0, 0.1) is 0 Å². The van der Waals surface area contributed by atoms with Crippen LogP contribution in [0.15, 0.2) is 23.2 Å². The van der Waals surface area contributed by atoms with Crippen LogP contribution in [-0.2, 0) is 33.3 Å². The number of rotatable bonds is 3. The number of carbonyl (C=O) groups is 2. The number of amides is 1. The highest BCUT2D eigenvalue weighted by Gasteiger charge is 2.51. The first-order valence-corrected chi connectivity index (χ1v) is 9.69. The Morgan fingerprint density at radius 1 is 1.24 bits per heavy atom. The molecule has 2 aliphatic rings. The molecule has 2 rings (SSSR count). The van der Waals surface area contributed by atoms with E-state index in [0.717, 1.165) is 6.08 Å². The molecule has 1 amide bonds. The van der Waals surface area contributed by atoms with E-state index in [4.69, 9.17) is 14.2 Å². The van der Waals surface area contributed by atoms with E-state index in [1.165, 1.54) is 13.8 Å². The summed E-state index contributed by atoms with van der Waals surface area (Å²) in [4.78, 5) is 24.2. The van der Waals surface area contributed by atoms with Crippen LogP contribution in [-0.4, -0.2) is 43.4 Å². The SMILES string of the molecule is CC(C)(C)OC(=O)NC1C=C(OS(=O)(=O)C(F)(F)F)C2=C(C1)OC(C)(C)OC2=O. The molecule has 0 fully saturated rings. The van der Waals surface area contributed by atoms with Crippen molar-refractivity contribution in [2.24, 2.45) is 0 Å². The van der Waals surface area contributed by atoms with Crippen LogP contribution < -0.4 is 5.32 Å². The van der Waals surface area contributed by atoms with E-state index in [0.29, 0.717) is 0 Å². The van der Waals surface area contributed by atoms with Gasteiger partial charge in [-0.1, -0.05) is 0 Å². The minimum atomic E-state index is -6.09. The lowest BCUT2D eigenvalue weighted by atomic mass is 9.98. The summed E-state index contributed by atoms with van der Waals surface area (Å²) in [6.45, 7) is 7.53. The van der Waals surface area contributed by atoms with Crippen LogP contribution >= 0.6 is 0 Å². The molecule has 0 saturated heterocycles. The van der Waals surface area contributed by atoms with Gasteiger partial charge in [-0.05, 0) is 26.8 Å². The van der Waals surface area contributed by atoms with Crippen LogP contribution in [0.1, 0.15) is 41.0 Å². The second-order valence-electron chi connectivity index (χ2n) is 7.66. The number of halogens is 3. The summed E-state index contributed by atoms with van der Waals surface area (Å²) in [5.41, 5.74) is -7.21. The minimum Gasteiger partial charge on any atom is -0.456 e. The van der Waals surface area contributed by atoms with Gasteiger partial charge in [-0.15, -0.1) is 0 Å². The van der Waals surface area contributed by atoms with E-state index in [2.05, 4.69) is 9.50 Å². The molecule has 0 bridgehead atoms. The van der Waals surface area contributed by atoms with Crippen molar-refractivity contribution < 1.29 is 49.6 Å². The van der Waals surface area contributed by atoms with Gasteiger partial charge in [0.25, 0.3) is 0 Å². The lowest BCUT2D eigenvalue weighted by molar-refractivity contribution is -0.208. The Hall–Kier alpha value is -2.44. The minimum absolute atomic E-state index is 0.175. The Bertz CT molecular complexity index is 881. The molecule has 13 heteroatoms. The third-order valence-corrected chi connectivity index (χ3v) is 4.35. The fraction of sp³-hybridized carbons (Fsp3) is 0.625. The molecule has 1 N–H and O–H groups in total. The topological polar surface area (TPSA) is 117 Å². The second-order valence-corrected chi connectivity index (χ2v) is 9.20. The van der Waals surface area contributed by atoms with Gasteiger partial charge in [-0.25, -0.2) is 9.59 Å². The average Bonchev–Trinajstić information content (AvgIpc) is 2.40. The first kappa shape index (κ1) is 22.8. The normalized spacial score (nSPS) is 22.0. The van der Waals surface area contributed by atoms with Gasteiger partial charge in [-0.2, -0.15) is 21.6 Å². The van der Waals surface area contributed by atoms with Crippen molar-refractivity contribution in [1.82, 2.24) is 5.32 Å². The summed E-state index contributed by atoms with van der Waals surface area (Å²) >= 11 is 0. The monoisotopic (exact) mass is 443 g/mol. The molecule has 0 aromatic heterocycles. The van der Waals surface area contributed by atoms with E-state index in [1.54, 1.807) is 20.8 Å². The number of cyclic esters (lactones) is 1. The Morgan fingerprint density at radius 3 is 2.34 bits per heavy atom. The van der Waals surface area contributed by atoms with Crippen LogP contribution in [0.4, 0.5) is 18.0 Å². The molecular weight excluding hydrogens is 423 g/mol. The average molecular weight is 443 g/mol. The summed E-state index contributed by atoms with van der Waals surface area (Å²) < 4.78 is 80.6. The van der Waals surface area contributed by atoms with Crippen LogP contribution in [0.25, 0.3) is 0 Å². The first-order chi connectivity index (χ1) is 12.9. The van der Waals surface area contributed by atoms with E-state index in [9.17, 15) is 31.2 Å². The van der Waals surface area contributed by atoms with Crippen molar-refractivity contribution in [2.75, 3.05) is 0 Å². The summed E-state index contributed by atoms with van der Waals surface area (Å²) in [7, 11) is -6.09. The molecule has 164 valence electrons. The predicted molar refractivity (Wildman–Crippen MR) is 90.2 cm³/mol. The largest absolute Gasteiger partial charge is 0.534 e. The van der Waals surface area contributed by atoms with Crippen molar-refractivity contribution in [3.05, 3.63) is 23.2 Å². The molecule has 0 aromatic rings. The highest BCUT2D eigenvalue weighted by molar-refractivity contribution is 7.87. The molecule has 29 heavy (non-hydrogen) atoms. The van der Waals surface area contributed by atoms with Crippen molar-refractivity contribution in [3.8, 4) is 0 Å². The van der Waals surface area contributed by atoms with Crippen molar-refractivity contribution in [2.45, 2.75) is 64.0 Å². The molecule has 1 unspecified atom stereocenters. The van der Waals surface area contributed by atoms with Gasteiger partial charge in [0.15, 0.2) is 5.76 Å². The van der Waals surface area contributed by atoms with Crippen molar-refractivity contribution >= 4 is 22.2 Å². The number of hydrogen-bond acceptors (Lipinski definition) is 8. The molecule has 1 aliphatic heterocycles. The van der Waals surface area contributed by atoms with Crippen LogP contribution in [0.2, 0.25) is 0 Å². The van der Waals surface area contributed by atoms with Crippen molar-refractivity contribution in [3.63, 3.8) is 0 Å². The molecule has 1 atom stereocenters. The maximum atomic E-state index is 12.7. The number of nitrogens with one attached hydrogen (secondary N) is 1. The number of hydrogen-bond donors (Lipinski definition) is 1. The zero-order chi connectivity index (χ0) is 22.4. The standard InChI is InChI=1S/C16H20F3NO8S/c1-14(2,3)27-13(22)20-8-6-9-11(12(21)26-15(4,5)25-9)10(7-8)28-29(23,24)16(17,18)19/h7-8H,6H2,1-5H3,(H,20,22). The van der Waals surface area contributed by atoms with Gasteiger partial charge < -0.3 is 23.7 Å². The Labute approximate surface area is 164 Å². The van der Waals surface area contributed by atoms with Gasteiger partial charge in [0.05, 0.1) is 6.04 Å². The van der Waals surface area contributed by atoms with Gasteiger partial charge in [0, 0.05) is 20.3 Å². The summed E-state index contributed by atoms with van der Waals surface area (Å²) in [6, 6.07) is -1.08. The summed E-state index contributed by atoms with van der Waals surface area (Å²) in [6.07, 6.45) is -0.250. The summed E-state index contributed by atoms with van der Waals surface area (Å²) in [5.74, 6) is -3.75. The summed E-state index contributed by atoms with van der Waals surface area (Å²) in [5, 5.41) is 2.35. The number of alkyl halides is 3. The van der Waals surface area contributed by atoms with Crippen LogP contribution in [0.3, 0.4) is 0 Å². The fourth-order valence-electron chi connectivity index (χ4n) is 2.45. The number of esters is 1. The highest BCUT2D eigenvalue weighted by atomic mass is 32.2. The highest BCUT2D eigenvalue weighted by Crippen LogP contribution is 2.38. The van der Waals surface area contributed by atoms with E-state index in [-0.39, 0.29) is 12.2 Å². The molecule has 0 radical (unpaired) electrons. The second kappa shape index (κ2) is 7.11. The van der Waals surface area contributed by atoms with Crippen molar-refractivity contribution in [1.29, 1.82) is 0 Å². The van der Waals surface area contributed by atoms with Gasteiger partial charge in [-0.3, -0.25) is 0 Å². The number of carbonyl (C=O) groups excluding carboxylic acids is 2. The molecule has 9 nitrogen and oxygen atoms in total. The van der Waals surface area contributed by atoms with Gasteiger partial charge in [0.2, 0.25) is 5.79 Å². The quantitative estimate of drug-likeness (QED) is 0.402. The number of alkyl carbamates (subject to hydrolysis) is 1. The van der Waals surface area contributed by atoms with E-state index >= 15 is 0 Å². The first-order valence-electron chi connectivity index (χ1n) is 8.28. The third-order valence-electron chi connectivity index (χ3n) is 3.38. The zero-order valence-corrected chi connectivity index (χ0v) is 17.0. The molecule has 0 aromatic carbocycles. The molecule has 0 saturated carbocycles.